The molecule has 1 aromatic heterocycles. The number of aliphatic hydroxyl groups is 1. The third-order valence-corrected chi connectivity index (χ3v) is 3.26. The van der Waals surface area contributed by atoms with Gasteiger partial charge in [-0.2, -0.15) is 0 Å². The fourth-order valence-electron chi connectivity index (χ4n) is 2.26. The van der Waals surface area contributed by atoms with Gasteiger partial charge in [-0.1, -0.05) is 5.16 Å². The van der Waals surface area contributed by atoms with Crippen molar-refractivity contribution in [3.8, 4) is 22.6 Å². The van der Waals surface area contributed by atoms with Crippen LogP contribution in [0.1, 0.15) is 5.56 Å². The Balaban J connectivity index is 2.17. The molecule has 0 fully saturated rings. The van der Waals surface area contributed by atoms with Gasteiger partial charge < -0.3 is 9.63 Å². The Hall–Kier alpha value is -2.67. The van der Waals surface area contributed by atoms with E-state index in [9.17, 15) is 22.7 Å². The Morgan fingerprint density at radius 1 is 0.913 bits per heavy atom. The highest BCUT2D eigenvalue weighted by molar-refractivity contribution is 5.72. The van der Waals surface area contributed by atoms with Gasteiger partial charge in [0.1, 0.15) is 29.0 Å². The topological polar surface area (TPSA) is 46.3 Å². The SMILES string of the molecule is OCc1c(-c2cc(F)cc(F)c2)noc1-c1ccc(F)cc1F. The van der Waals surface area contributed by atoms with Gasteiger partial charge in [-0.05, 0) is 24.3 Å². The first-order chi connectivity index (χ1) is 11.0. The maximum atomic E-state index is 13.9. The molecule has 1 heterocycles. The van der Waals surface area contributed by atoms with Crippen molar-refractivity contribution in [2.75, 3.05) is 0 Å². The van der Waals surface area contributed by atoms with Crippen LogP contribution in [0.4, 0.5) is 17.6 Å². The Labute approximate surface area is 127 Å². The molecule has 7 heteroatoms. The third-order valence-electron chi connectivity index (χ3n) is 3.26. The zero-order valence-electron chi connectivity index (χ0n) is 11.5. The highest BCUT2D eigenvalue weighted by atomic mass is 19.1. The van der Waals surface area contributed by atoms with Crippen molar-refractivity contribution in [2.24, 2.45) is 0 Å². The molecule has 0 aliphatic rings. The van der Waals surface area contributed by atoms with Crippen LogP contribution in [0.5, 0.6) is 0 Å². The second-order valence-corrected chi connectivity index (χ2v) is 4.78. The van der Waals surface area contributed by atoms with E-state index in [2.05, 4.69) is 5.16 Å². The van der Waals surface area contributed by atoms with Gasteiger partial charge in [0.25, 0.3) is 0 Å². The lowest BCUT2D eigenvalue weighted by Crippen LogP contribution is -1.93. The van der Waals surface area contributed by atoms with Gasteiger partial charge in [0.05, 0.1) is 17.7 Å². The lowest BCUT2D eigenvalue weighted by molar-refractivity contribution is 0.281. The molecule has 2 aromatic carbocycles. The molecule has 0 amide bonds. The van der Waals surface area contributed by atoms with Gasteiger partial charge in [0.15, 0.2) is 5.76 Å². The smallest absolute Gasteiger partial charge is 0.175 e. The minimum atomic E-state index is -0.909. The molecule has 0 unspecified atom stereocenters. The maximum Gasteiger partial charge on any atom is 0.175 e. The number of benzene rings is 2. The second kappa shape index (κ2) is 5.85. The van der Waals surface area contributed by atoms with E-state index < -0.39 is 29.9 Å². The summed E-state index contributed by atoms with van der Waals surface area (Å²) in [6.07, 6.45) is 0. The van der Waals surface area contributed by atoms with Crippen molar-refractivity contribution in [1.29, 1.82) is 0 Å². The van der Waals surface area contributed by atoms with E-state index in [4.69, 9.17) is 4.52 Å². The van der Waals surface area contributed by atoms with Crippen molar-refractivity contribution in [3.63, 3.8) is 0 Å². The summed E-state index contributed by atoms with van der Waals surface area (Å²) in [7, 11) is 0. The van der Waals surface area contributed by atoms with Crippen molar-refractivity contribution < 1.29 is 27.2 Å². The quantitative estimate of drug-likeness (QED) is 0.740. The van der Waals surface area contributed by atoms with Gasteiger partial charge in [0, 0.05) is 17.7 Å². The summed E-state index contributed by atoms with van der Waals surface area (Å²) in [6, 6.07) is 5.49. The molecule has 0 saturated heterocycles. The lowest BCUT2D eigenvalue weighted by Gasteiger charge is -2.03. The van der Waals surface area contributed by atoms with Crippen LogP contribution in [0.25, 0.3) is 22.6 Å². The van der Waals surface area contributed by atoms with Crippen LogP contribution in [0.2, 0.25) is 0 Å². The molecular weight excluding hydrogens is 314 g/mol. The fraction of sp³-hybridized carbons (Fsp3) is 0.0625. The van der Waals surface area contributed by atoms with Crippen LogP contribution in [-0.2, 0) is 6.61 Å². The summed E-state index contributed by atoms with van der Waals surface area (Å²) in [5, 5.41) is 13.2. The van der Waals surface area contributed by atoms with Crippen LogP contribution in [-0.4, -0.2) is 10.3 Å². The molecule has 118 valence electrons. The Morgan fingerprint density at radius 3 is 2.22 bits per heavy atom. The number of aliphatic hydroxyl groups excluding tert-OH is 1. The normalized spacial score (nSPS) is 11.0. The number of halogens is 4. The fourth-order valence-corrected chi connectivity index (χ4v) is 2.26. The summed E-state index contributed by atoms with van der Waals surface area (Å²) in [5.74, 6) is -3.48. The van der Waals surface area contributed by atoms with Crippen molar-refractivity contribution in [2.45, 2.75) is 6.61 Å². The second-order valence-electron chi connectivity index (χ2n) is 4.78. The predicted octanol–water partition coefficient (Wildman–Crippen LogP) is 4.06. The molecule has 1 N–H and O–H groups in total. The van der Waals surface area contributed by atoms with Gasteiger partial charge >= 0.3 is 0 Å². The number of hydrogen-bond acceptors (Lipinski definition) is 3. The Bertz CT molecular complexity index is 856. The van der Waals surface area contributed by atoms with Crippen molar-refractivity contribution >= 4 is 0 Å². The molecule has 0 aliphatic carbocycles. The average molecular weight is 323 g/mol. The number of rotatable bonds is 3. The molecule has 0 aliphatic heterocycles. The monoisotopic (exact) mass is 323 g/mol. The van der Waals surface area contributed by atoms with E-state index in [0.29, 0.717) is 12.1 Å². The standard InChI is InChI=1S/C16H9F4NO2/c17-9-1-2-12(14(20)6-9)16-13(7-22)15(21-23-16)8-3-10(18)5-11(19)4-8/h1-6,22H,7H2. The average Bonchev–Trinajstić information content (AvgIpc) is 2.89. The molecule has 0 atom stereocenters. The Kier molecular flexibility index (Phi) is 3.87. The largest absolute Gasteiger partial charge is 0.391 e. The first-order valence-corrected chi connectivity index (χ1v) is 6.51. The number of hydrogen-bond donors (Lipinski definition) is 1. The number of nitrogens with zero attached hydrogens (tertiary/aromatic N) is 1. The zero-order valence-corrected chi connectivity index (χ0v) is 11.5. The zero-order chi connectivity index (χ0) is 16.6. The maximum absolute atomic E-state index is 13.9. The summed E-state index contributed by atoms with van der Waals surface area (Å²) in [5.41, 5.74) is -0.0692. The highest BCUT2D eigenvalue weighted by Crippen LogP contribution is 2.34. The molecule has 3 rings (SSSR count). The first-order valence-electron chi connectivity index (χ1n) is 6.51. The van der Waals surface area contributed by atoms with Gasteiger partial charge in [-0.15, -0.1) is 0 Å². The molecular formula is C16H9F4NO2. The van der Waals surface area contributed by atoms with Crippen molar-refractivity contribution in [1.82, 2.24) is 5.16 Å². The molecule has 23 heavy (non-hydrogen) atoms. The van der Waals surface area contributed by atoms with Gasteiger partial charge in [0.2, 0.25) is 0 Å². The van der Waals surface area contributed by atoms with E-state index in [0.717, 1.165) is 24.3 Å². The molecule has 0 bridgehead atoms. The van der Waals surface area contributed by atoms with Crippen LogP contribution in [0.15, 0.2) is 40.9 Å². The molecule has 3 nitrogen and oxygen atoms in total. The van der Waals surface area contributed by atoms with E-state index >= 15 is 0 Å². The van der Waals surface area contributed by atoms with E-state index in [1.54, 1.807) is 0 Å². The van der Waals surface area contributed by atoms with E-state index in [1.165, 1.54) is 0 Å². The summed E-state index contributed by atoms with van der Waals surface area (Å²) < 4.78 is 58.5. The van der Waals surface area contributed by atoms with Gasteiger partial charge in [-0.25, -0.2) is 17.6 Å². The molecule has 0 spiro atoms. The van der Waals surface area contributed by atoms with Crippen molar-refractivity contribution in [3.05, 3.63) is 65.2 Å². The van der Waals surface area contributed by atoms with Gasteiger partial charge in [-0.3, -0.25) is 0 Å². The number of aromatic nitrogens is 1. The van der Waals surface area contributed by atoms with Crippen LogP contribution in [0.3, 0.4) is 0 Å². The van der Waals surface area contributed by atoms with E-state index in [1.807, 2.05) is 0 Å². The third kappa shape index (κ3) is 2.83. The summed E-state index contributed by atoms with van der Waals surface area (Å²) in [6.45, 7) is -0.608. The van der Waals surface area contributed by atoms with Crippen LogP contribution in [0, 0.1) is 23.3 Å². The highest BCUT2D eigenvalue weighted by Gasteiger charge is 2.21. The van der Waals surface area contributed by atoms with E-state index in [-0.39, 0.29) is 28.1 Å². The van der Waals surface area contributed by atoms with Crippen LogP contribution >= 0.6 is 0 Å². The Morgan fingerprint density at radius 2 is 1.61 bits per heavy atom. The molecule has 3 aromatic rings. The molecule has 0 saturated carbocycles. The first kappa shape index (κ1) is 15.2. The molecule has 0 radical (unpaired) electrons. The minimum Gasteiger partial charge on any atom is -0.391 e. The van der Waals surface area contributed by atoms with Crippen LogP contribution < -0.4 is 0 Å². The minimum absolute atomic E-state index is 0.0235. The summed E-state index contributed by atoms with van der Waals surface area (Å²) in [4.78, 5) is 0. The predicted molar refractivity (Wildman–Crippen MR) is 73.1 cm³/mol. The lowest BCUT2D eigenvalue weighted by atomic mass is 10.0. The summed E-state index contributed by atoms with van der Waals surface area (Å²) >= 11 is 0.